The highest BCUT2D eigenvalue weighted by Gasteiger charge is 2.20. The van der Waals surface area contributed by atoms with Gasteiger partial charge in [0.1, 0.15) is 6.10 Å². The third kappa shape index (κ3) is 9.93. The van der Waals surface area contributed by atoms with E-state index in [-0.39, 0.29) is 12.1 Å². The van der Waals surface area contributed by atoms with E-state index in [0.717, 1.165) is 43.4 Å². The molecule has 0 radical (unpaired) electrons. The average molecular weight is 472 g/mol. The first kappa shape index (κ1) is 26.8. The van der Waals surface area contributed by atoms with Crippen molar-refractivity contribution in [1.82, 2.24) is 5.32 Å². The molecule has 2 rings (SSSR count). The summed E-state index contributed by atoms with van der Waals surface area (Å²) < 4.78 is 16.8. The molecule has 5 nitrogen and oxygen atoms in total. The van der Waals surface area contributed by atoms with Crippen LogP contribution in [0.1, 0.15) is 62.8 Å². The Balaban J connectivity index is 1.97. The van der Waals surface area contributed by atoms with Crippen molar-refractivity contribution in [1.29, 1.82) is 0 Å². The number of unbranched alkanes of at least 4 members (excludes halogenated alkanes) is 1. The van der Waals surface area contributed by atoms with E-state index >= 15 is 0 Å². The summed E-state index contributed by atoms with van der Waals surface area (Å²) in [6.07, 6.45) is 3.65. The molecule has 0 saturated heterocycles. The molecule has 0 aliphatic carbocycles. The van der Waals surface area contributed by atoms with Gasteiger partial charge in [-0.05, 0) is 62.0 Å². The molecule has 0 fully saturated rings. The molecule has 2 aromatic rings. The third-order valence-corrected chi connectivity index (χ3v) is 5.52. The van der Waals surface area contributed by atoms with Gasteiger partial charge in [-0.2, -0.15) is 0 Å². The monoisotopic (exact) mass is 471 g/mol. The number of hydrogen-bond donors (Lipinski definition) is 1. The largest absolute Gasteiger partial charge is 0.464 e. The van der Waals surface area contributed by atoms with Crippen LogP contribution in [-0.2, 0) is 31.8 Å². The molecule has 180 valence electrons. The maximum Gasteiger partial charge on any atom is 0.335 e. The van der Waals surface area contributed by atoms with Crippen LogP contribution in [0.25, 0.3) is 0 Å². The Morgan fingerprint density at radius 3 is 2.30 bits per heavy atom. The lowest BCUT2D eigenvalue weighted by Crippen LogP contribution is -2.29. The van der Waals surface area contributed by atoms with E-state index in [0.29, 0.717) is 24.8 Å². The molecule has 0 heterocycles. The van der Waals surface area contributed by atoms with Gasteiger partial charge in [-0.1, -0.05) is 67.9 Å². The quantitative estimate of drug-likeness (QED) is 0.221. The Morgan fingerprint density at radius 2 is 1.67 bits per heavy atom. The van der Waals surface area contributed by atoms with E-state index in [1.165, 1.54) is 5.56 Å². The summed E-state index contributed by atoms with van der Waals surface area (Å²) in [5, 5.41) is 3.65. The smallest absolute Gasteiger partial charge is 0.335 e. The number of aryl methyl sites for hydroxylation is 1. The van der Waals surface area contributed by atoms with Crippen LogP contribution in [0.5, 0.6) is 0 Å². The number of carbonyl (C=O) groups excluding carboxylic acids is 1. The highest BCUT2D eigenvalue weighted by molar-refractivity contribution is 7.80. The summed E-state index contributed by atoms with van der Waals surface area (Å²) in [6, 6.07) is 18.5. The van der Waals surface area contributed by atoms with E-state index in [1.54, 1.807) is 6.92 Å². The standard InChI is InChI=1S/C27H37NO4S/c1-4-7-19-28-27(33)32-24(23-11-9-8-10-12-23)18-17-21-13-15-22(16-14-21)20-25(30-5-2)26(29)31-6-3/h8-16,24-25H,4-7,17-20H2,1-3H3,(H,28,33)/t24?,25-/m0/s1. The molecule has 0 saturated carbocycles. The summed E-state index contributed by atoms with van der Waals surface area (Å²) in [7, 11) is 0. The van der Waals surface area contributed by atoms with Crippen LogP contribution in [0, 0.1) is 0 Å². The molecule has 1 unspecified atom stereocenters. The number of ether oxygens (including phenoxy) is 3. The molecule has 0 aromatic heterocycles. The summed E-state index contributed by atoms with van der Waals surface area (Å²) >= 11 is 5.41. The fraction of sp³-hybridized carbons (Fsp3) is 0.481. The van der Waals surface area contributed by atoms with Gasteiger partial charge in [-0.15, -0.1) is 0 Å². The molecule has 0 aliphatic heterocycles. The first-order valence-corrected chi connectivity index (χ1v) is 12.3. The van der Waals surface area contributed by atoms with Gasteiger partial charge in [-0.25, -0.2) is 4.79 Å². The summed E-state index contributed by atoms with van der Waals surface area (Å²) in [5.41, 5.74) is 3.36. The Hall–Kier alpha value is -2.44. The van der Waals surface area contributed by atoms with Crippen LogP contribution in [0.4, 0.5) is 0 Å². The zero-order valence-corrected chi connectivity index (χ0v) is 20.9. The number of esters is 1. The van der Waals surface area contributed by atoms with Crippen molar-refractivity contribution in [3.05, 3.63) is 71.3 Å². The molecule has 33 heavy (non-hydrogen) atoms. The first-order chi connectivity index (χ1) is 16.1. The second kappa shape index (κ2) is 15.4. The number of thiocarbonyl (C=S) groups is 1. The molecule has 0 amide bonds. The van der Waals surface area contributed by atoms with Crippen molar-refractivity contribution in [2.24, 2.45) is 0 Å². The summed E-state index contributed by atoms with van der Waals surface area (Å²) in [5.74, 6) is -0.310. The van der Waals surface area contributed by atoms with E-state index in [1.807, 2.05) is 25.1 Å². The van der Waals surface area contributed by atoms with Crippen LogP contribution in [-0.4, -0.2) is 37.0 Å². The molecular formula is C27H37NO4S. The lowest BCUT2D eigenvalue weighted by atomic mass is 9.99. The zero-order chi connectivity index (χ0) is 23.9. The number of hydrogen-bond acceptors (Lipinski definition) is 5. The number of carbonyl (C=O) groups is 1. The van der Waals surface area contributed by atoms with E-state index in [2.05, 4.69) is 48.6 Å². The van der Waals surface area contributed by atoms with E-state index in [9.17, 15) is 4.79 Å². The van der Waals surface area contributed by atoms with Crippen LogP contribution < -0.4 is 5.32 Å². The molecule has 0 aliphatic rings. The third-order valence-electron chi connectivity index (χ3n) is 5.28. The van der Waals surface area contributed by atoms with Gasteiger partial charge >= 0.3 is 5.97 Å². The van der Waals surface area contributed by atoms with Crippen LogP contribution in [0.3, 0.4) is 0 Å². The second-order valence-electron chi connectivity index (χ2n) is 7.84. The van der Waals surface area contributed by atoms with Crippen molar-refractivity contribution in [2.45, 2.75) is 65.1 Å². The number of rotatable bonds is 14. The van der Waals surface area contributed by atoms with Gasteiger partial charge in [0.05, 0.1) is 6.61 Å². The minimum Gasteiger partial charge on any atom is -0.464 e. The van der Waals surface area contributed by atoms with Crippen LogP contribution in [0.15, 0.2) is 54.6 Å². The lowest BCUT2D eigenvalue weighted by Gasteiger charge is -2.21. The van der Waals surface area contributed by atoms with Crippen LogP contribution >= 0.6 is 12.2 Å². The second-order valence-corrected chi connectivity index (χ2v) is 8.21. The lowest BCUT2D eigenvalue weighted by molar-refractivity contribution is -0.156. The van der Waals surface area contributed by atoms with Crippen molar-refractivity contribution >= 4 is 23.4 Å². The average Bonchev–Trinajstić information content (AvgIpc) is 2.83. The highest BCUT2D eigenvalue weighted by Crippen LogP contribution is 2.24. The van der Waals surface area contributed by atoms with Gasteiger partial charge in [0.25, 0.3) is 5.17 Å². The topological polar surface area (TPSA) is 56.8 Å². The summed E-state index contributed by atoms with van der Waals surface area (Å²) in [4.78, 5) is 12.1. The Morgan fingerprint density at radius 1 is 0.970 bits per heavy atom. The van der Waals surface area contributed by atoms with Gasteiger partial charge in [0.2, 0.25) is 0 Å². The Kier molecular flexibility index (Phi) is 12.5. The van der Waals surface area contributed by atoms with Gasteiger partial charge in [-0.3, -0.25) is 0 Å². The SMILES string of the molecule is CCCCNC(=S)OC(CCc1ccc(C[C@H](OCC)C(=O)OCC)cc1)c1ccccc1. The van der Waals surface area contributed by atoms with E-state index < -0.39 is 6.10 Å². The highest BCUT2D eigenvalue weighted by atomic mass is 32.1. The Bertz CT molecular complexity index is 826. The van der Waals surface area contributed by atoms with Crippen molar-refractivity contribution in [3.63, 3.8) is 0 Å². The van der Waals surface area contributed by atoms with Crippen molar-refractivity contribution < 1.29 is 19.0 Å². The fourth-order valence-electron chi connectivity index (χ4n) is 3.50. The minimum atomic E-state index is -0.571. The predicted molar refractivity (Wildman–Crippen MR) is 136 cm³/mol. The fourth-order valence-corrected chi connectivity index (χ4v) is 3.72. The van der Waals surface area contributed by atoms with E-state index in [4.69, 9.17) is 26.4 Å². The van der Waals surface area contributed by atoms with Gasteiger partial charge < -0.3 is 19.5 Å². The number of nitrogens with one attached hydrogen (secondary N) is 1. The molecule has 0 spiro atoms. The molecule has 6 heteroatoms. The maximum atomic E-state index is 12.1. The van der Waals surface area contributed by atoms with Crippen molar-refractivity contribution in [3.8, 4) is 0 Å². The number of benzene rings is 2. The summed E-state index contributed by atoms with van der Waals surface area (Å²) in [6.45, 7) is 7.48. The maximum absolute atomic E-state index is 12.1. The predicted octanol–water partition coefficient (Wildman–Crippen LogP) is 5.56. The first-order valence-electron chi connectivity index (χ1n) is 11.9. The molecule has 2 aromatic carbocycles. The van der Waals surface area contributed by atoms with Gasteiger partial charge in [0, 0.05) is 19.6 Å². The molecule has 1 N–H and O–H groups in total. The molecule has 2 atom stereocenters. The molecule has 0 bridgehead atoms. The minimum absolute atomic E-state index is 0.112. The normalized spacial score (nSPS) is 12.6. The van der Waals surface area contributed by atoms with Crippen molar-refractivity contribution in [2.75, 3.05) is 19.8 Å². The van der Waals surface area contributed by atoms with Crippen LogP contribution in [0.2, 0.25) is 0 Å². The van der Waals surface area contributed by atoms with Gasteiger partial charge in [0.15, 0.2) is 6.10 Å². The molecular weight excluding hydrogens is 434 g/mol. The zero-order valence-electron chi connectivity index (χ0n) is 20.0. The Labute approximate surface area is 203 Å².